The summed E-state index contributed by atoms with van der Waals surface area (Å²) in [5.74, 6) is 1.25. The number of ether oxygens (including phenoxy) is 1. The Morgan fingerprint density at radius 3 is 2.40 bits per heavy atom. The molecule has 1 saturated heterocycles. The number of urea groups is 1. The van der Waals surface area contributed by atoms with Crippen molar-refractivity contribution in [2.75, 3.05) is 32.1 Å². The first kappa shape index (κ1) is 19.1. The summed E-state index contributed by atoms with van der Waals surface area (Å²) in [6, 6.07) is 3.07. The highest BCUT2D eigenvalue weighted by Gasteiger charge is 2.34. The molecule has 0 aromatic heterocycles. The van der Waals surface area contributed by atoms with E-state index in [0.29, 0.717) is 24.7 Å². The fourth-order valence-electron chi connectivity index (χ4n) is 3.37. The van der Waals surface area contributed by atoms with Crippen LogP contribution < -0.4 is 10.1 Å². The van der Waals surface area contributed by atoms with Gasteiger partial charge in [0.15, 0.2) is 0 Å². The first-order valence-corrected chi connectivity index (χ1v) is 8.76. The number of nitrogens with zero attached hydrogens (tertiary/aromatic N) is 2. The Hall–Kier alpha value is -2.24. The molecule has 2 rings (SSSR count). The summed E-state index contributed by atoms with van der Waals surface area (Å²) in [6.45, 7) is 11.7. The number of amides is 3. The van der Waals surface area contributed by atoms with Crippen LogP contribution >= 0.6 is 0 Å². The van der Waals surface area contributed by atoms with Gasteiger partial charge in [0.25, 0.3) is 0 Å². The SMILES string of the molecule is COc1c(C)cc(NC(=O)N2CCN(CC(C)C)C(=O)[C@@H]2C)cc1C. The minimum Gasteiger partial charge on any atom is -0.496 e. The number of carbonyl (C=O) groups excluding carboxylic acids is 2. The van der Waals surface area contributed by atoms with E-state index < -0.39 is 6.04 Å². The summed E-state index contributed by atoms with van der Waals surface area (Å²) in [7, 11) is 1.64. The Balaban J connectivity index is 2.08. The second-order valence-electron chi connectivity index (χ2n) is 7.12. The van der Waals surface area contributed by atoms with E-state index in [1.54, 1.807) is 18.9 Å². The van der Waals surface area contributed by atoms with E-state index in [0.717, 1.165) is 23.4 Å². The molecule has 1 aromatic rings. The van der Waals surface area contributed by atoms with Crippen molar-refractivity contribution in [3.8, 4) is 5.75 Å². The van der Waals surface area contributed by atoms with Crippen molar-refractivity contribution in [3.63, 3.8) is 0 Å². The number of piperazine rings is 1. The van der Waals surface area contributed by atoms with Gasteiger partial charge in [-0.05, 0) is 49.9 Å². The van der Waals surface area contributed by atoms with Crippen LogP contribution in [0.5, 0.6) is 5.75 Å². The zero-order valence-corrected chi connectivity index (χ0v) is 16.0. The summed E-state index contributed by atoms with van der Waals surface area (Å²) in [4.78, 5) is 28.6. The summed E-state index contributed by atoms with van der Waals surface area (Å²) in [6.07, 6.45) is 0. The van der Waals surface area contributed by atoms with E-state index in [2.05, 4.69) is 19.2 Å². The number of methoxy groups -OCH3 is 1. The molecule has 25 heavy (non-hydrogen) atoms. The van der Waals surface area contributed by atoms with Crippen molar-refractivity contribution in [2.24, 2.45) is 5.92 Å². The van der Waals surface area contributed by atoms with Gasteiger partial charge in [0, 0.05) is 25.3 Å². The van der Waals surface area contributed by atoms with E-state index >= 15 is 0 Å². The van der Waals surface area contributed by atoms with Crippen molar-refractivity contribution in [2.45, 2.75) is 40.7 Å². The highest BCUT2D eigenvalue weighted by molar-refractivity contribution is 5.94. The Kier molecular flexibility index (Phi) is 5.93. The number of carbonyl (C=O) groups is 2. The van der Waals surface area contributed by atoms with Crippen molar-refractivity contribution >= 4 is 17.6 Å². The van der Waals surface area contributed by atoms with Gasteiger partial charge in [0.05, 0.1) is 7.11 Å². The van der Waals surface area contributed by atoms with Gasteiger partial charge < -0.3 is 19.9 Å². The third-order valence-corrected chi connectivity index (χ3v) is 4.51. The van der Waals surface area contributed by atoms with E-state index in [9.17, 15) is 9.59 Å². The molecule has 138 valence electrons. The molecule has 0 bridgehead atoms. The van der Waals surface area contributed by atoms with Gasteiger partial charge in [-0.1, -0.05) is 13.8 Å². The molecular formula is C19H29N3O3. The first-order valence-electron chi connectivity index (χ1n) is 8.76. The first-order chi connectivity index (χ1) is 11.7. The largest absolute Gasteiger partial charge is 0.496 e. The highest BCUT2D eigenvalue weighted by Crippen LogP contribution is 2.27. The summed E-state index contributed by atoms with van der Waals surface area (Å²) < 4.78 is 5.35. The van der Waals surface area contributed by atoms with Crippen LogP contribution in [0, 0.1) is 19.8 Å². The normalized spacial score (nSPS) is 17.9. The molecule has 6 nitrogen and oxygen atoms in total. The second kappa shape index (κ2) is 7.76. The quantitative estimate of drug-likeness (QED) is 0.911. The Labute approximate surface area is 150 Å². The van der Waals surface area contributed by atoms with Crippen LogP contribution in [0.1, 0.15) is 31.9 Å². The minimum atomic E-state index is -0.451. The zero-order valence-electron chi connectivity index (χ0n) is 16.0. The van der Waals surface area contributed by atoms with E-state index in [1.807, 2.05) is 30.9 Å². The fourth-order valence-corrected chi connectivity index (χ4v) is 3.37. The van der Waals surface area contributed by atoms with Crippen molar-refractivity contribution in [3.05, 3.63) is 23.3 Å². The predicted octanol–water partition coefficient (Wildman–Crippen LogP) is 3.03. The van der Waals surface area contributed by atoms with Gasteiger partial charge in [-0.2, -0.15) is 0 Å². The second-order valence-corrected chi connectivity index (χ2v) is 7.12. The number of hydrogen-bond donors (Lipinski definition) is 1. The molecule has 3 amide bonds. The molecule has 6 heteroatoms. The number of aryl methyl sites for hydroxylation is 2. The topological polar surface area (TPSA) is 61.9 Å². The molecule has 1 atom stereocenters. The lowest BCUT2D eigenvalue weighted by molar-refractivity contribution is -0.139. The van der Waals surface area contributed by atoms with Gasteiger partial charge in [0.1, 0.15) is 11.8 Å². The monoisotopic (exact) mass is 347 g/mol. The van der Waals surface area contributed by atoms with Gasteiger partial charge in [-0.25, -0.2) is 4.79 Å². The predicted molar refractivity (Wildman–Crippen MR) is 99.1 cm³/mol. The molecule has 1 fully saturated rings. The van der Waals surface area contributed by atoms with Gasteiger partial charge in [0.2, 0.25) is 5.91 Å². The number of anilines is 1. The van der Waals surface area contributed by atoms with E-state index in [1.165, 1.54) is 0 Å². The Morgan fingerprint density at radius 2 is 1.88 bits per heavy atom. The van der Waals surface area contributed by atoms with Gasteiger partial charge in [-0.3, -0.25) is 4.79 Å². The molecule has 0 spiro atoms. The third-order valence-electron chi connectivity index (χ3n) is 4.51. The average molecular weight is 347 g/mol. The van der Waals surface area contributed by atoms with Crippen LogP contribution in [0.2, 0.25) is 0 Å². The lowest BCUT2D eigenvalue weighted by Crippen LogP contribution is -2.58. The van der Waals surface area contributed by atoms with Crippen LogP contribution in [-0.2, 0) is 4.79 Å². The van der Waals surface area contributed by atoms with Crippen LogP contribution in [0.3, 0.4) is 0 Å². The summed E-state index contributed by atoms with van der Waals surface area (Å²) in [5.41, 5.74) is 2.64. The lowest BCUT2D eigenvalue weighted by Gasteiger charge is -2.39. The van der Waals surface area contributed by atoms with Gasteiger partial charge >= 0.3 is 6.03 Å². The smallest absolute Gasteiger partial charge is 0.322 e. The van der Waals surface area contributed by atoms with Crippen molar-refractivity contribution < 1.29 is 14.3 Å². The van der Waals surface area contributed by atoms with Crippen LogP contribution in [0.25, 0.3) is 0 Å². The molecule has 0 unspecified atom stereocenters. The average Bonchev–Trinajstić information content (AvgIpc) is 2.51. The standard InChI is InChI=1S/C19H29N3O3/c1-12(2)11-21-7-8-22(15(5)18(21)23)19(24)20-16-9-13(3)17(25-6)14(4)10-16/h9-10,12,15H,7-8,11H2,1-6H3,(H,20,24)/t15-/m0/s1. The van der Waals surface area contributed by atoms with E-state index in [4.69, 9.17) is 4.74 Å². The molecule has 1 aliphatic rings. The molecule has 1 N–H and O–H groups in total. The summed E-state index contributed by atoms with van der Waals surface area (Å²) >= 11 is 0. The zero-order chi connectivity index (χ0) is 18.7. The molecule has 0 aliphatic carbocycles. The lowest BCUT2D eigenvalue weighted by atomic mass is 10.1. The maximum Gasteiger partial charge on any atom is 0.322 e. The van der Waals surface area contributed by atoms with Crippen LogP contribution in [0.4, 0.5) is 10.5 Å². The fraction of sp³-hybridized carbons (Fsp3) is 0.579. The Bertz CT molecular complexity index is 634. The van der Waals surface area contributed by atoms with Crippen LogP contribution in [-0.4, -0.2) is 54.5 Å². The minimum absolute atomic E-state index is 0.0113. The third kappa shape index (κ3) is 4.24. The Morgan fingerprint density at radius 1 is 1.28 bits per heavy atom. The van der Waals surface area contributed by atoms with Crippen molar-refractivity contribution in [1.29, 1.82) is 0 Å². The van der Waals surface area contributed by atoms with Crippen molar-refractivity contribution in [1.82, 2.24) is 9.80 Å². The summed E-state index contributed by atoms with van der Waals surface area (Å²) in [5, 5.41) is 2.91. The number of nitrogens with one attached hydrogen (secondary N) is 1. The molecular weight excluding hydrogens is 318 g/mol. The molecule has 0 saturated carbocycles. The molecule has 1 aliphatic heterocycles. The number of benzene rings is 1. The molecule has 0 radical (unpaired) electrons. The number of hydrogen-bond acceptors (Lipinski definition) is 3. The highest BCUT2D eigenvalue weighted by atomic mass is 16.5. The van der Waals surface area contributed by atoms with Gasteiger partial charge in [-0.15, -0.1) is 0 Å². The number of rotatable bonds is 4. The maximum absolute atomic E-state index is 12.6. The van der Waals surface area contributed by atoms with E-state index in [-0.39, 0.29) is 11.9 Å². The molecule has 1 heterocycles. The van der Waals surface area contributed by atoms with Crippen LogP contribution in [0.15, 0.2) is 12.1 Å². The maximum atomic E-state index is 12.6. The molecule has 1 aromatic carbocycles.